The van der Waals surface area contributed by atoms with E-state index in [1.54, 1.807) is 23.1 Å². The summed E-state index contributed by atoms with van der Waals surface area (Å²) in [6.45, 7) is 6.47. The summed E-state index contributed by atoms with van der Waals surface area (Å²) >= 11 is 12.5. The molecular formula is C29H32Cl2N2O3. The molecule has 0 bridgehead atoms. The maximum atomic E-state index is 13.6. The zero-order valence-corrected chi connectivity index (χ0v) is 22.4. The Bertz CT molecular complexity index is 1150. The predicted octanol–water partition coefficient (Wildman–Crippen LogP) is 6.09. The Morgan fingerprint density at radius 1 is 0.972 bits per heavy atom. The molecule has 3 aromatic carbocycles. The molecule has 0 unspecified atom stereocenters. The van der Waals surface area contributed by atoms with Crippen molar-refractivity contribution in [2.75, 3.05) is 13.2 Å². The first-order valence-corrected chi connectivity index (χ1v) is 12.7. The second-order valence-corrected chi connectivity index (χ2v) is 10.0. The monoisotopic (exact) mass is 526 g/mol. The molecule has 0 aliphatic heterocycles. The lowest BCUT2D eigenvalue weighted by atomic mass is 10.0. The van der Waals surface area contributed by atoms with Gasteiger partial charge in [0.25, 0.3) is 5.91 Å². The summed E-state index contributed by atoms with van der Waals surface area (Å²) < 4.78 is 5.79. The summed E-state index contributed by atoms with van der Waals surface area (Å²) in [6.07, 6.45) is 0.353. The van der Waals surface area contributed by atoms with Crippen molar-refractivity contribution < 1.29 is 14.3 Å². The Balaban J connectivity index is 1.92. The molecule has 0 fully saturated rings. The molecule has 0 saturated heterocycles. The largest absolute Gasteiger partial charge is 0.484 e. The van der Waals surface area contributed by atoms with Crippen molar-refractivity contribution in [3.8, 4) is 5.75 Å². The van der Waals surface area contributed by atoms with Crippen LogP contribution in [0.4, 0.5) is 0 Å². The van der Waals surface area contributed by atoms with E-state index in [1.165, 1.54) is 0 Å². The molecule has 0 heterocycles. The van der Waals surface area contributed by atoms with Crippen LogP contribution in [0.15, 0.2) is 72.8 Å². The Hall–Kier alpha value is -3.02. The average molecular weight is 527 g/mol. The van der Waals surface area contributed by atoms with Crippen LogP contribution in [-0.2, 0) is 22.6 Å². The molecule has 0 aromatic heterocycles. The summed E-state index contributed by atoms with van der Waals surface area (Å²) in [5.74, 6) is 0.317. The molecule has 0 aliphatic carbocycles. The Morgan fingerprint density at radius 3 is 2.31 bits per heavy atom. The first-order chi connectivity index (χ1) is 17.2. The van der Waals surface area contributed by atoms with E-state index in [-0.39, 0.29) is 30.9 Å². The number of carbonyl (C=O) groups excluding carboxylic acids is 2. The Labute approximate surface area is 223 Å². The lowest BCUT2D eigenvalue weighted by Gasteiger charge is -2.32. The quantitative estimate of drug-likeness (QED) is 0.328. The highest BCUT2D eigenvalue weighted by Crippen LogP contribution is 2.24. The van der Waals surface area contributed by atoms with Crippen LogP contribution in [-0.4, -0.2) is 35.9 Å². The number of nitrogens with zero attached hydrogens (tertiary/aromatic N) is 1. The molecule has 3 rings (SSSR count). The van der Waals surface area contributed by atoms with Crippen LogP contribution in [0.1, 0.15) is 30.5 Å². The van der Waals surface area contributed by atoms with Crippen LogP contribution in [0, 0.1) is 12.8 Å². The lowest BCUT2D eigenvalue weighted by Crippen LogP contribution is -2.52. The van der Waals surface area contributed by atoms with Crippen LogP contribution in [0.25, 0.3) is 0 Å². The van der Waals surface area contributed by atoms with Gasteiger partial charge in [-0.3, -0.25) is 9.59 Å². The third-order valence-electron chi connectivity index (χ3n) is 5.69. The van der Waals surface area contributed by atoms with E-state index in [1.807, 2.05) is 75.4 Å². The van der Waals surface area contributed by atoms with Crippen molar-refractivity contribution in [2.45, 2.75) is 39.8 Å². The minimum atomic E-state index is -0.757. The number of hydrogen-bond donors (Lipinski definition) is 1. The highest BCUT2D eigenvalue weighted by Gasteiger charge is 2.31. The van der Waals surface area contributed by atoms with Gasteiger partial charge in [-0.15, -0.1) is 0 Å². The van der Waals surface area contributed by atoms with Gasteiger partial charge in [-0.25, -0.2) is 0 Å². The fraction of sp³-hybridized carbons (Fsp3) is 0.310. The number of rotatable bonds is 11. The van der Waals surface area contributed by atoms with E-state index >= 15 is 0 Å². The summed E-state index contributed by atoms with van der Waals surface area (Å²) in [5, 5.41) is 3.93. The summed E-state index contributed by atoms with van der Waals surface area (Å²) in [6, 6.07) is 21.5. The van der Waals surface area contributed by atoms with Crippen molar-refractivity contribution in [2.24, 2.45) is 5.92 Å². The molecule has 0 aliphatic rings. The molecule has 0 spiro atoms. The van der Waals surface area contributed by atoms with E-state index in [9.17, 15) is 9.59 Å². The molecule has 190 valence electrons. The maximum Gasteiger partial charge on any atom is 0.261 e. The van der Waals surface area contributed by atoms with Gasteiger partial charge >= 0.3 is 0 Å². The van der Waals surface area contributed by atoms with Crippen molar-refractivity contribution in [3.63, 3.8) is 0 Å². The maximum absolute atomic E-state index is 13.6. The van der Waals surface area contributed by atoms with Crippen LogP contribution in [0.3, 0.4) is 0 Å². The van der Waals surface area contributed by atoms with Gasteiger partial charge in [0.05, 0.1) is 0 Å². The Morgan fingerprint density at radius 2 is 1.67 bits per heavy atom. The fourth-order valence-electron chi connectivity index (χ4n) is 3.67. The average Bonchev–Trinajstić information content (AvgIpc) is 2.86. The zero-order valence-electron chi connectivity index (χ0n) is 20.8. The molecule has 1 atom stereocenters. The number of benzene rings is 3. The molecule has 3 aromatic rings. The van der Waals surface area contributed by atoms with Crippen molar-refractivity contribution >= 4 is 35.0 Å². The number of ether oxygens (including phenoxy) is 1. The van der Waals surface area contributed by atoms with Gasteiger partial charge in [0.15, 0.2) is 6.61 Å². The number of nitrogens with one attached hydrogen (secondary N) is 1. The molecule has 0 radical (unpaired) electrons. The smallest absolute Gasteiger partial charge is 0.261 e. The van der Waals surface area contributed by atoms with Gasteiger partial charge in [-0.05, 0) is 48.2 Å². The standard InChI is InChI=1S/C29H32Cl2N2O3/c1-20(2)17-32-29(35)27(15-22-7-5-4-6-8-22)33(18-23-11-12-24(30)16-26(23)31)28(34)19-36-25-13-9-21(3)10-14-25/h4-14,16,20,27H,15,17-19H2,1-3H3,(H,32,35)/t27-/m1/s1. The highest BCUT2D eigenvalue weighted by atomic mass is 35.5. The van der Waals surface area contributed by atoms with E-state index < -0.39 is 6.04 Å². The van der Waals surface area contributed by atoms with Crippen LogP contribution in [0.5, 0.6) is 5.75 Å². The molecule has 0 saturated carbocycles. The number of aryl methyl sites for hydroxylation is 1. The topological polar surface area (TPSA) is 58.6 Å². The minimum Gasteiger partial charge on any atom is -0.484 e. The van der Waals surface area contributed by atoms with Crippen molar-refractivity contribution in [1.82, 2.24) is 10.2 Å². The number of halogens is 2. The van der Waals surface area contributed by atoms with Gasteiger partial charge in [0, 0.05) is 29.6 Å². The normalized spacial score (nSPS) is 11.7. The molecule has 1 N–H and O–H groups in total. The zero-order chi connectivity index (χ0) is 26.1. The van der Waals surface area contributed by atoms with E-state index in [0.29, 0.717) is 34.3 Å². The molecular weight excluding hydrogens is 495 g/mol. The SMILES string of the molecule is Cc1ccc(OCC(=O)N(Cc2ccc(Cl)cc2Cl)[C@H](Cc2ccccc2)C(=O)NCC(C)C)cc1. The van der Waals surface area contributed by atoms with E-state index in [0.717, 1.165) is 11.1 Å². The second-order valence-electron chi connectivity index (χ2n) is 9.20. The van der Waals surface area contributed by atoms with Crippen LogP contribution < -0.4 is 10.1 Å². The van der Waals surface area contributed by atoms with Crippen LogP contribution >= 0.6 is 23.2 Å². The van der Waals surface area contributed by atoms with Crippen molar-refractivity contribution in [3.05, 3.63) is 99.5 Å². The predicted molar refractivity (Wildman–Crippen MR) is 145 cm³/mol. The minimum absolute atomic E-state index is 0.138. The first-order valence-electron chi connectivity index (χ1n) is 12.0. The molecule has 2 amide bonds. The van der Waals surface area contributed by atoms with E-state index in [2.05, 4.69) is 5.32 Å². The number of carbonyl (C=O) groups is 2. The molecule has 36 heavy (non-hydrogen) atoms. The van der Waals surface area contributed by atoms with Gasteiger partial charge in [0.1, 0.15) is 11.8 Å². The lowest BCUT2D eigenvalue weighted by molar-refractivity contribution is -0.142. The third-order valence-corrected chi connectivity index (χ3v) is 6.28. The fourth-order valence-corrected chi connectivity index (χ4v) is 4.14. The van der Waals surface area contributed by atoms with Gasteiger partial charge < -0.3 is 15.0 Å². The Kier molecular flexibility index (Phi) is 10.2. The first kappa shape index (κ1) is 27.6. The number of amides is 2. The third kappa shape index (κ3) is 8.28. The highest BCUT2D eigenvalue weighted by molar-refractivity contribution is 6.35. The van der Waals surface area contributed by atoms with Crippen molar-refractivity contribution in [1.29, 1.82) is 0 Å². The van der Waals surface area contributed by atoms with Gasteiger partial charge in [-0.2, -0.15) is 0 Å². The van der Waals surface area contributed by atoms with Crippen LogP contribution in [0.2, 0.25) is 10.0 Å². The molecule has 7 heteroatoms. The molecule has 5 nitrogen and oxygen atoms in total. The summed E-state index contributed by atoms with van der Waals surface area (Å²) in [7, 11) is 0. The number of hydrogen-bond acceptors (Lipinski definition) is 3. The second kappa shape index (κ2) is 13.3. The summed E-state index contributed by atoms with van der Waals surface area (Å²) in [4.78, 5) is 28.6. The van der Waals surface area contributed by atoms with Gasteiger partial charge in [0.2, 0.25) is 5.91 Å². The van der Waals surface area contributed by atoms with E-state index in [4.69, 9.17) is 27.9 Å². The summed E-state index contributed by atoms with van der Waals surface area (Å²) in [5.41, 5.74) is 2.73. The van der Waals surface area contributed by atoms with Gasteiger partial charge in [-0.1, -0.05) is 91.1 Å².